The topological polar surface area (TPSA) is 289 Å². The van der Waals surface area contributed by atoms with E-state index in [1.165, 1.54) is 78.2 Å². The van der Waals surface area contributed by atoms with E-state index in [0.717, 1.165) is 29.4 Å². The van der Waals surface area contributed by atoms with Gasteiger partial charge in [0.2, 0.25) is 76.8 Å². The molecule has 0 aromatic carbocycles. The quantitative estimate of drug-likeness (QED) is 0.139. The minimum absolute atomic E-state index is 0.00372. The Labute approximate surface area is 624 Å². The van der Waals surface area contributed by atoms with Crippen LogP contribution in [0.4, 0.5) is 30.7 Å². The van der Waals surface area contributed by atoms with Crippen molar-refractivity contribution in [2.24, 2.45) is 35.0 Å². The Morgan fingerprint density at radius 1 is 0.682 bits per heavy atom. The second-order valence-electron chi connectivity index (χ2n) is 31.7. The van der Waals surface area contributed by atoms with Gasteiger partial charge in [-0.1, -0.05) is 73.0 Å². The molecular weight excluding hydrogens is 1410 g/mol. The van der Waals surface area contributed by atoms with Gasteiger partial charge in [0.25, 0.3) is 0 Å². The highest BCUT2D eigenvalue weighted by Crippen LogP contribution is 2.50. The van der Waals surface area contributed by atoms with E-state index in [0.29, 0.717) is 19.3 Å². The molecular formula is C74H117F7N12O14. The number of likely N-dealkylation sites (N-methyl/N-ethyl adjacent to an activating group) is 7. The van der Waals surface area contributed by atoms with Crippen LogP contribution in [-0.2, 0) is 67.0 Å². The second-order valence-corrected chi connectivity index (χ2v) is 31.7. The SMILES string of the molecule is CCO[C@@H]1C[C@H]2C(=O)NC3(CC(C)(C)C3)C(=O)N(C)[C@@H](C(CC)CC)C(=O)N(C)[C@H](C(=O)N(C)C)CC(=O)N(C)[C@@H](COC)C(=O)N[C@@H]([C@@H](C)CC)C(=O)N(C)CC(=O)N(C)[C@H]3C/C=C\CCN(C3=O)[C@@H](CC3CCC(F)(F)CC3)C(=O)N(C)CC(=O)N[C@@H](CCC3CC(F)C(C(F)(F)F)C(F)C3)C(=O)N2C1. The molecule has 0 aromatic rings. The molecule has 12 amide bonds. The van der Waals surface area contributed by atoms with E-state index < -0.39 is 249 Å². The van der Waals surface area contributed by atoms with Gasteiger partial charge in [-0.2, -0.15) is 13.2 Å². The molecule has 6 rings (SSSR count). The molecule has 6 aliphatic rings. The predicted molar refractivity (Wildman–Crippen MR) is 380 cm³/mol. The largest absolute Gasteiger partial charge is 0.397 e. The summed E-state index contributed by atoms with van der Waals surface area (Å²) >= 11 is 0. The van der Waals surface area contributed by atoms with Crippen LogP contribution < -0.4 is 16.0 Å². The molecule has 2 saturated heterocycles. The summed E-state index contributed by atoms with van der Waals surface area (Å²) in [6.07, 6.45) is -11.6. The molecule has 1 spiro atoms. The highest BCUT2D eigenvalue weighted by atomic mass is 19.4. The van der Waals surface area contributed by atoms with Crippen molar-refractivity contribution in [1.29, 1.82) is 0 Å². The molecule has 3 aliphatic carbocycles. The van der Waals surface area contributed by atoms with Gasteiger partial charge in [0.1, 0.15) is 72.1 Å². The van der Waals surface area contributed by atoms with Crippen LogP contribution in [0.1, 0.15) is 164 Å². The zero-order valence-electron chi connectivity index (χ0n) is 65.2. The lowest BCUT2D eigenvalue weighted by molar-refractivity contribution is -0.219. The van der Waals surface area contributed by atoms with Gasteiger partial charge in [-0.25, -0.2) is 17.6 Å². The Morgan fingerprint density at radius 2 is 1.29 bits per heavy atom. The van der Waals surface area contributed by atoms with E-state index in [1.54, 1.807) is 46.8 Å². The number of fused-ring (bicyclic) bond motifs is 3. The van der Waals surface area contributed by atoms with Gasteiger partial charge in [0.05, 0.1) is 32.2 Å². The Kier molecular flexibility index (Phi) is 31.1. The number of halogens is 7. The van der Waals surface area contributed by atoms with Crippen molar-refractivity contribution in [3.63, 3.8) is 0 Å². The lowest BCUT2D eigenvalue weighted by Crippen LogP contribution is -2.71. The number of rotatable bonds is 15. The highest BCUT2D eigenvalue weighted by molar-refractivity contribution is 6.01. The standard InChI is InChI=1S/C74H117F7N12O14/c1-17-43(5)60-68(103)87(11)39-58(96)88(12)51-24-22-21-23-31-92(67(51)102)54(34-44-27-29-73(77,78)30-28-44)66(101)86(10)38-56(94)82-50(26-25-45-32-48(75)59(49(76)33-45)74(79,80)81)64(99)93-37-47(107-20-4)35-52(93)63(98)84-72(41-71(6,7)42-72)70(105)91(15)61(46(18-2)19-3)69(104)90(14)53(65(100)85(8)9)36-57(95)89(13)55(40-106-16)62(97)83-60/h21-22,43-55,59-61H,17-20,23-42H2,1-16H3,(H,82,94)(H,83,97)(H,84,98)/b22-21-/t43-,45?,47+,48?,49?,50-,51-,52-,53-,54-,55-,59?,60-,61-/m0/s1. The fourth-order valence-corrected chi connectivity index (χ4v) is 16.7. The zero-order chi connectivity index (χ0) is 80.3. The van der Waals surface area contributed by atoms with Gasteiger partial charge in [0.15, 0.2) is 0 Å². The first-order valence-electron chi connectivity index (χ1n) is 37.7. The summed E-state index contributed by atoms with van der Waals surface area (Å²) < 4.78 is 114. The number of ether oxygens (including phenoxy) is 2. The van der Waals surface area contributed by atoms with Crippen molar-refractivity contribution in [3.05, 3.63) is 12.2 Å². The Hall–Kier alpha value is -7.19. The van der Waals surface area contributed by atoms with E-state index in [-0.39, 0.29) is 77.5 Å². The number of alkyl halides is 7. The molecule has 3 aliphatic heterocycles. The summed E-state index contributed by atoms with van der Waals surface area (Å²) in [4.78, 5) is 191. The molecule has 3 saturated carbocycles. The number of nitrogens with zero attached hydrogens (tertiary/aromatic N) is 9. The lowest BCUT2D eigenvalue weighted by Gasteiger charge is -2.54. The van der Waals surface area contributed by atoms with Crippen molar-refractivity contribution < 1.29 is 97.7 Å². The van der Waals surface area contributed by atoms with Crippen LogP contribution in [0.25, 0.3) is 0 Å². The van der Waals surface area contributed by atoms with Gasteiger partial charge in [-0.05, 0) is 107 Å². The van der Waals surface area contributed by atoms with Gasteiger partial charge >= 0.3 is 6.18 Å². The van der Waals surface area contributed by atoms with Crippen molar-refractivity contribution in [1.82, 2.24) is 60.0 Å². The summed E-state index contributed by atoms with van der Waals surface area (Å²) in [5, 5.41) is 8.36. The molecule has 3 N–H and O–H groups in total. The maximum absolute atomic E-state index is 15.7. The third-order valence-electron chi connectivity index (χ3n) is 23.1. The van der Waals surface area contributed by atoms with Crippen LogP contribution in [0.2, 0.25) is 0 Å². The van der Waals surface area contributed by atoms with Gasteiger partial charge in [-0.3, -0.25) is 57.5 Å². The minimum Gasteiger partial charge on any atom is -0.382 e. The van der Waals surface area contributed by atoms with E-state index >= 15 is 37.5 Å². The van der Waals surface area contributed by atoms with Gasteiger partial charge in [0, 0.05) is 102 Å². The molecule has 606 valence electrons. The number of hydrogen-bond acceptors (Lipinski definition) is 14. The summed E-state index contributed by atoms with van der Waals surface area (Å²) in [7, 11) is 11.9. The lowest BCUT2D eigenvalue weighted by atomic mass is 9.58. The smallest absolute Gasteiger partial charge is 0.382 e. The Bertz CT molecular complexity index is 3190. The van der Waals surface area contributed by atoms with Crippen LogP contribution in [0.15, 0.2) is 12.2 Å². The molecule has 2 unspecified atom stereocenters. The molecule has 12 atom stereocenters. The number of hydrogen-bond donors (Lipinski definition) is 3. The predicted octanol–water partition coefficient (Wildman–Crippen LogP) is 5.29. The van der Waals surface area contributed by atoms with Crippen molar-refractivity contribution in [2.45, 2.75) is 248 Å². The van der Waals surface area contributed by atoms with E-state index in [2.05, 4.69) is 16.0 Å². The molecule has 33 heteroatoms. The normalized spacial score (nSPS) is 30.9. The van der Waals surface area contributed by atoms with Crippen molar-refractivity contribution in [3.8, 4) is 0 Å². The molecule has 0 radical (unpaired) electrons. The average molecular weight is 1530 g/mol. The van der Waals surface area contributed by atoms with Crippen LogP contribution in [0, 0.1) is 35.0 Å². The summed E-state index contributed by atoms with van der Waals surface area (Å²) in [6, 6.07) is -11.7. The number of amides is 12. The number of carbonyl (C=O) groups is 12. The summed E-state index contributed by atoms with van der Waals surface area (Å²) in [5.41, 5.74) is -2.40. The summed E-state index contributed by atoms with van der Waals surface area (Å²) in [6.45, 7) is 10.1. The highest BCUT2D eigenvalue weighted by Gasteiger charge is 2.60. The minimum atomic E-state index is -5.21. The molecule has 5 fully saturated rings. The molecule has 2 bridgehead atoms. The summed E-state index contributed by atoms with van der Waals surface area (Å²) in [5.74, 6) is -18.7. The van der Waals surface area contributed by atoms with E-state index in [9.17, 15) is 50.7 Å². The number of nitrogens with one attached hydrogen (secondary N) is 3. The third-order valence-corrected chi connectivity index (χ3v) is 23.1. The average Bonchev–Trinajstić information content (AvgIpc) is 1.40. The first kappa shape index (κ1) is 88.7. The fraction of sp³-hybridized carbons (Fsp3) is 0.811. The molecule has 26 nitrogen and oxygen atoms in total. The van der Waals surface area contributed by atoms with Crippen LogP contribution in [0.3, 0.4) is 0 Å². The van der Waals surface area contributed by atoms with E-state index in [4.69, 9.17) is 9.47 Å². The number of methoxy groups -OCH3 is 1. The van der Waals surface area contributed by atoms with Gasteiger partial charge in [-0.15, -0.1) is 0 Å². The number of carbonyl (C=O) groups excluding carboxylic acids is 12. The molecule has 0 aromatic heterocycles. The van der Waals surface area contributed by atoms with Crippen LogP contribution >= 0.6 is 0 Å². The fourth-order valence-electron chi connectivity index (χ4n) is 16.7. The van der Waals surface area contributed by atoms with Crippen LogP contribution in [-0.4, -0.2) is 302 Å². The first-order chi connectivity index (χ1) is 49.9. The maximum atomic E-state index is 15.7. The van der Waals surface area contributed by atoms with Crippen molar-refractivity contribution >= 4 is 70.9 Å². The van der Waals surface area contributed by atoms with E-state index in [1.807, 2.05) is 13.8 Å². The Balaban J connectivity index is 1.50. The van der Waals surface area contributed by atoms with Crippen molar-refractivity contribution in [2.75, 3.05) is 103 Å². The second kappa shape index (κ2) is 37.5. The third kappa shape index (κ3) is 21.7. The monoisotopic (exact) mass is 1530 g/mol. The van der Waals surface area contributed by atoms with Crippen LogP contribution in [0.5, 0.6) is 0 Å². The first-order valence-corrected chi connectivity index (χ1v) is 37.7. The zero-order valence-corrected chi connectivity index (χ0v) is 65.2. The molecule has 107 heavy (non-hydrogen) atoms. The maximum Gasteiger partial charge on any atom is 0.397 e. The molecule has 3 heterocycles. The van der Waals surface area contributed by atoms with Gasteiger partial charge < -0.3 is 69.5 Å². The Morgan fingerprint density at radius 3 is 1.84 bits per heavy atom.